The fourth-order valence-corrected chi connectivity index (χ4v) is 1.78. The lowest BCUT2D eigenvalue weighted by Gasteiger charge is -2.28. The second-order valence-electron chi connectivity index (χ2n) is 3.99. The zero-order valence-electron chi connectivity index (χ0n) is 10.3. The molecule has 5 heteroatoms. The van der Waals surface area contributed by atoms with Gasteiger partial charge in [0.05, 0.1) is 6.61 Å². The Balaban J connectivity index is 3.10. The van der Waals surface area contributed by atoms with Gasteiger partial charge < -0.3 is 15.4 Å². The highest BCUT2D eigenvalue weighted by Crippen LogP contribution is 2.25. The minimum atomic E-state index is 0.0353. The fourth-order valence-electron chi connectivity index (χ4n) is 1.61. The summed E-state index contributed by atoms with van der Waals surface area (Å²) in [5.41, 5.74) is 7.08. The quantitative estimate of drug-likeness (QED) is 0.626. The van der Waals surface area contributed by atoms with Crippen molar-refractivity contribution >= 4 is 23.1 Å². The molecule has 1 aromatic carbocycles. The van der Waals surface area contributed by atoms with E-state index in [-0.39, 0.29) is 11.9 Å². The normalized spacial score (nSPS) is 12.2. The molecule has 0 radical (unpaired) electrons. The number of anilines is 1. The number of nitrogen functional groups attached to an aromatic ring is 1. The monoisotopic (exact) mass is 255 g/mol. The number of benzene rings is 1. The third-order valence-corrected chi connectivity index (χ3v) is 2.93. The van der Waals surface area contributed by atoms with Crippen molar-refractivity contribution in [3.05, 3.63) is 28.8 Å². The first-order valence-corrected chi connectivity index (χ1v) is 5.71. The number of halogens is 1. The van der Waals surface area contributed by atoms with Crippen LogP contribution in [0.3, 0.4) is 0 Å². The van der Waals surface area contributed by atoms with E-state index in [9.17, 15) is 0 Å². The van der Waals surface area contributed by atoms with E-state index in [0.29, 0.717) is 17.2 Å². The smallest absolute Gasteiger partial charge is 0.124 e. The largest absolute Gasteiger partial charge is 0.384 e. The molecular weight excluding hydrogens is 238 g/mol. The Morgan fingerprint density at radius 3 is 2.76 bits per heavy atom. The van der Waals surface area contributed by atoms with Gasteiger partial charge in [-0.05, 0) is 25.1 Å². The lowest BCUT2D eigenvalue weighted by atomic mass is 10.1. The fraction of sp³-hybridized carbons (Fsp3) is 0.417. The van der Waals surface area contributed by atoms with Crippen LogP contribution in [-0.2, 0) is 4.74 Å². The van der Waals surface area contributed by atoms with Crippen LogP contribution in [0.15, 0.2) is 18.2 Å². The van der Waals surface area contributed by atoms with Gasteiger partial charge in [0.1, 0.15) is 5.84 Å². The van der Waals surface area contributed by atoms with Crippen molar-refractivity contribution in [1.82, 2.24) is 0 Å². The highest BCUT2D eigenvalue weighted by molar-refractivity contribution is 6.31. The second-order valence-corrected chi connectivity index (χ2v) is 4.43. The molecule has 1 atom stereocenters. The average Bonchev–Trinajstić information content (AvgIpc) is 2.27. The van der Waals surface area contributed by atoms with Crippen molar-refractivity contribution < 1.29 is 4.74 Å². The van der Waals surface area contributed by atoms with Crippen LogP contribution < -0.4 is 10.6 Å². The predicted octanol–water partition coefficient (Wildman–Crippen LogP) is 2.10. The molecule has 0 saturated heterocycles. The van der Waals surface area contributed by atoms with E-state index in [1.165, 1.54) is 0 Å². The van der Waals surface area contributed by atoms with E-state index < -0.39 is 0 Å². The summed E-state index contributed by atoms with van der Waals surface area (Å²) in [6.45, 7) is 2.63. The molecule has 0 fully saturated rings. The Bertz CT molecular complexity index is 409. The molecule has 0 heterocycles. The number of amidine groups is 1. The Morgan fingerprint density at radius 2 is 2.24 bits per heavy atom. The molecule has 4 nitrogen and oxygen atoms in total. The molecule has 3 N–H and O–H groups in total. The average molecular weight is 256 g/mol. The van der Waals surface area contributed by atoms with Crippen molar-refractivity contribution in [3.8, 4) is 0 Å². The van der Waals surface area contributed by atoms with Crippen LogP contribution in [0.5, 0.6) is 0 Å². The van der Waals surface area contributed by atoms with E-state index in [4.69, 9.17) is 27.5 Å². The zero-order valence-corrected chi connectivity index (χ0v) is 11.1. The summed E-state index contributed by atoms with van der Waals surface area (Å²) in [5, 5.41) is 8.19. The molecule has 0 aliphatic heterocycles. The van der Waals surface area contributed by atoms with Crippen molar-refractivity contribution in [2.75, 3.05) is 25.7 Å². The minimum Gasteiger partial charge on any atom is -0.384 e. The van der Waals surface area contributed by atoms with Gasteiger partial charge in [0.15, 0.2) is 0 Å². The Morgan fingerprint density at radius 1 is 1.59 bits per heavy atom. The van der Waals surface area contributed by atoms with E-state index >= 15 is 0 Å². The lowest BCUT2D eigenvalue weighted by Crippen LogP contribution is -2.34. The minimum absolute atomic E-state index is 0.0353. The molecule has 94 valence electrons. The van der Waals surface area contributed by atoms with Crippen molar-refractivity contribution in [2.45, 2.75) is 13.0 Å². The van der Waals surface area contributed by atoms with E-state index in [1.807, 2.05) is 24.9 Å². The van der Waals surface area contributed by atoms with Gasteiger partial charge in [-0.2, -0.15) is 0 Å². The van der Waals surface area contributed by atoms with Crippen LogP contribution in [0, 0.1) is 5.41 Å². The number of nitrogens with one attached hydrogen (secondary N) is 1. The summed E-state index contributed by atoms with van der Waals surface area (Å²) in [4.78, 5) is 2.01. The Hall–Kier alpha value is -1.26. The van der Waals surface area contributed by atoms with Crippen LogP contribution in [0.1, 0.15) is 12.5 Å². The number of nitrogens with two attached hydrogens (primary N) is 1. The van der Waals surface area contributed by atoms with Gasteiger partial charge >= 0.3 is 0 Å². The highest BCUT2D eigenvalue weighted by atomic mass is 35.5. The van der Waals surface area contributed by atoms with Crippen LogP contribution in [-0.4, -0.2) is 32.6 Å². The molecule has 17 heavy (non-hydrogen) atoms. The van der Waals surface area contributed by atoms with Crippen LogP contribution in [0.2, 0.25) is 5.02 Å². The molecule has 0 amide bonds. The van der Waals surface area contributed by atoms with Gasteiger partial charge in [-0.1, -0.05) is 11.6 Å². The van der Waals surface area contributed by atoms with Crippen molar-refractivity contribution in [2.24, 2.45) is 5.73 Å². The van der Waals surface area contributed by atoms with Crippen LogP contribution in [0.25, 0.3) is 0 Å². The van der Waals surface area contributed by atoms with E-state index in [0.717, 1.165) is 5.69 Å². The van der Waals surface area contributed by atoms with Crippen molar-refractivity contribution in [1.29, 1.82) is 5.41 Å². The summed E-state index contributed by atoms with van der Waals surface area (Å²) in [6, 6.07) is 5.48. The van der Waals surface area contributed by atoms with Gasteiger partial charge in [0, 0.05) is 36.5 Å². The van der Waals surface area contributed by atoms with Crippen LogP contribution in [0.4, 0.5) is 5.69 Å². The molecule has 1 rings (SSSR count). The van der Waals surface area contributed by atoms with Crippen LogP contribution >= 0.6 is 11.6 Å². The topological polar surface area (TPSA) is 62.3 Å². The maximum Gasteiger partial charge on any atom is 0.124 e. The Labute approximate surface area is 107 Å². The summed E-state index contributed by atoms with van der Waals surface area (Å²) >= 11 is 5.98. The number of nitrogens with zero attached hydrogens (tertiary/aromatic N) is 1. The number of likely N-dealkylation sites (N-methyl/N-ethyl adjacent to an activating group) is 1. The zero-order chi connectivity index (χ0) is 13.0. The summed E-state index contributed by atoms with van der Waals surface area (Å²) in [6.07, 6.45) is 0. The highest BCUT2D eigenvalue weighted by Gasteiger charge is 2.15. The molecule has 1 aromatic rings. The molecule has 1 unspecified atom stereocenters. The second kappa shape index (κ2) is 5.89. The number of rotatable bonds is 5. The van der Waals surface area contributed by atoms with Gasteiger partial charge in [0.25, 0.3) is 0 Å². The number of methoxy groups -OCH3 is 1. The molecule has 0 aliphatic carbocycles. The van der Waals surface area contributed by atoms with E-state index in [1.54, 1.807) is 19.2 Å². The standard InChI is InChI=1S/C12H18ClN3O/c1-8(7-17-3)16(2)11-6-9(13)4-5-10(11)12(14)15/h4-6,8H,7H2,1-3H3,(H3,14,15). The maximum absolute atomic E-state index is 7.56. The summed E-state index contributed by atoms with van der Waals surface area (Å²) in [7, 11) is 3.59. The predicted molar refractivity (Wildman–Crippen MR) is 72.2 cm³/mol. The number of hydrogen-bond donors (Lipinski definition) is 2. The molecule has 0 spiro atoms. The van der Waals surface area contributed by atoms with Gasteiger partial charge in [-0.15, -0.1) is 0 Å². The number of hydrogen-bond acceptors (Lipinski definition) is 3. The molecule has 0 bridgehead atoms. The van der Waals surface area contributed by atoms with Gasteiger partial charge in [-0.3, -0.25) is 5.41 Å². The van der Waals surface area contributed by atoms with Gasteiger partial charge in [0.2, 0.25) is 0 Å². The third kappa shape index (κ3) is 3.35. The number of ether oxygens (including phenoxy) is 1. The Kier molecular flexibility index (Phi) is 4.78. The van der Waals surface area contributed by atoms with Gasteiger partial charge in [-0.25, -0.2) is 0 Å². The summed E-state index contributed by atoms with van der Waals surface area (Å²) in [5.74, 6) is 0.0353. The molecule has 0 aliphatic rings. The van der Waals surface area contributed by atoms with E-state index in [2.05, 4.69) is 0 Å². The first-order chi connectivity index (χ1) is 7.97. The maximum atomic E-state index is 7.56. The first kappa shape index (κ1) is 13.8. The third-order valence-electron chi connectivity index (χ3n) is 2.70. The first-order valence-electron chi connectivity index (χ1n) is 5.33. The molecular formula is C12H18ClN3O. The summed E-state index contributed by atoms with van der Waals surface area (Å²) < 4.78 is 5.12. The SMILES string of the molecule is COCC(C)N(C)c1cc(Cl)ccc1C(=N)N. The molecule has 0 saturated carbocycles. The lowest BCUT2D eigenvalue weighted by molar-refractivity contribution is 0.183. The van der Waals surface area contributed by atoms with Crippen molar-refractivity contribution in [3.63, 3.8) is 0 Å². The molecule has 0 aromatic heterocycles.